The largest absolute Gasteiger partial charge is 0.493 e. The molecule has 138 valence electrons. The number of nitrogens with zero attached hydrogens (tertiary/aromatic N) is 2. The van der Waals surface area contributed by atoms with Gasteiger partial charge in [0.2, 0.25) is 11.8 Å². The van der Waals surface area contributed by atoms with Gasteiger partial charge in [0, 0.05) is 6.42 Å². The number of methoxy groups -OCH3 is 2. The standard InChI is InChI=1S/C15H17N5O5S/c1-24-9-4-3-8(5-10(9)25-2)7-17-20-15-19-13(22)11(26-15)6-12(21)18-14(16)23/h3-5,7,11H,6H2,1-2H3,(H,19,20,22)(H3,16,18,21,23). The van der Waals surface area contributed by atoms with Crippen molar-refractivity contribution in [3.05, 3.63) is 23.8 Å². The number of imide groups is 1. The van der Waals surface area contributed by atoms with Crippen molar-refractivity contribution in [3.63, 3.8) is 0 Å². The molecule has 26 heavy (non-hydrogen) atoms. The Morgan fingerprint density at radius 1 is 1.35 bits per heavy atom. The highest BCUT2D eigenvalue weighted by Crippen LogP contribution is 2.27. The highest BCUT2D eigenvalue weighted by atomic mass is 32.2. The van der Waals surface area contributed by atoms with E-state index in [1.54, 1.807) is 18.2 Å². The van der Waals surface area contributed by atoms with Crippen molar-refractivity contribution in [3.8, 4) is 11.5 Å². The number of carbonyl (C=O) groups excluding carboxylic acids is 3. The minimum atomic E-state index is -0.966. The number of thioether (sulfide) groups is 1. The molecular weight excluding hydrogens is 362 g/mol. The van der Waals surface area contributed by atoms with Gasteiger partial charge < -0.3 is 20.5 Å². The number of amidine groups is 1. The van der Waals surface area contributed by atoms with Crippen molar-refractivity contribution in [2.75, 3.05) is 14.2 Å². The lowest BCUT2D eigenvalue weighted by Crippen LogP contribution is -2.37. The van der Waals surface area contributed by atoms with E-state index < -0.39 is 23.1 Å². The third-order valence-electron chi connectivity index (χ3n) is 3.17. The molecule has 4 amide bonds. The summed E-state index contributed by atoms with van der Waals surface area (Å²) in [5.41, 5.74) is 5.57. The number of primary amides is 1. The van der Waals surface area contributed by atoms with Crippen molar-refractivity contribution < 1.29 is 23.9 Å². The SMILES string of the molecule is COc1ccc(C=N/N=C2\NC(=O)C(CC(=O)NC(N)=O)S2)cc1OC. The molecule has 0 radical (unpaired) electrons. The third-order valence-corrected chi connectivity index (χ3v) is 4.25. The van der Waals surface area contributed by atoms with E-state index in [1.807, 2.05) is 5.32 Å². The van der Waals surface area contributed by atoms with Crippen LogP contribution in [0.25, 0.3) is 0 Å². The summed E-state index contributed by atoms with van der Waals surface area (Å²) in [7, 11) is 3.07. The predicted octanol–water partition coefficient (Wildman–Crippen LogP) is 0.210. The van der Waals surface area contributed by atoms with Gasteiger partial charge in [0.15, 0.2) is 16.7 Å². The molecular formula is C15H17N5O5S. The van der Waals surface area contributed by atoms with Crippen LogP contribution in [0.15, 0.2) is 28.4 Å². The summed E-state index contributed by atoms with van der Waals surface area (Å²) in [6, 6.07) is 4.25. The second-order valence-corrected chi connectivity index (χ2v) is 6.17. The number of amides is 4. The summed E-state index contributed by atoms with van der Waals surface area (Å²) in [5, 5.41) is 11.8. The van der Waals surface area contributed by atoms with Crippen LogP contribution in [-0.4, -0.2) is 48.7 Å². The molecule has 1 fully saturated rings. The maximum absolute atomic E-state index is 11.8. The molecule has 11 heteroatoms. The second-order valence-electron chi connectivity index (χ2n) is 4.98. The van der Waals surface area contributed by atoms with Gasteiger partial charge in [-0.15, -0.1) is 5.10 Å². The van der Waals surface area contributed by atoms with Gasteiger partial charge in [0.25, 0.3) is 0 Å². The monoisotopic (exact) mass is 379 g/mol. The summed E-state index contributed by atoms with van der Waals surface area (Å²) in [6.45, 7) is 0. The second kappa shape index (κ2) is 8.85. The molecule has 0 saturated carbocycles. The first-order valence-corrected chi connectivity index (χ1v) is 8.20. The lowest BCUT2D eigenvalue weighted by molar-refractivity contribution is -0.124. The Balaban J connectivity index is 1.98. The molecule has 2 rings (SSSR count). The maximum atomic E-state index is 11.8. The Morgan fingerprint density at radius 3 is 2.73 bits per heavy atom. The Kier molecular flexibility index (Phi) is 6.55. The summed E-state index contributed by atoms with van der Waals surface area (Å²) >= 11 is 1.04. The number of carbonyl (C=O) groups is 3. The van der Waals surface area contributed by atoms with Crippen LogP contribution < -0.4 is 25.8 Å². The van der Waals surface area contributed by atoms with E-state index in [-0.39, 0.29) is 11.6 Å². The first-order valence-electron chi connectivity index (χ1n) is 7.32. The van der Waals surface area contributed by atoms with Crippen LogP contribution >= 0.6 is 11.8 Å². The van der Waals surface area contributed by atoms with Crippen LogP contribution in [0.5, 0.6) is 11.5 Å². The number of ether oxygens (including phenoxy) is 2. The van der Waals surface area contributed by atoms with Crippen LogP contribution in [0.1, 0.15) is 12.0 Å². The van der Waals surface area contributed by atoms with Gasteiger partial charge in [-0.2, -0.15) is 5.10 Å². The Bertz CT molecular complexity index is 780. The van der Waals surface area contributed by atoms with Gasteiger partial charge in [-0.1, -0.05) is 11.8 Å². The first-order chi connectivity index (χ1) is 12.4. The normalized spacial score (nSPS) is 18.0. The lowest BCUT2D eigenvalue weighted by atomic mass is 10.2. The zero-order valence-electron chi connectivity index (χ0n) is 14.0. The van der Waals surface area contributed by atoms with E-state index in [9.17, 15) is 14.4 Å². The molecule has 1 aliphatic rings. The van der Waals surface area contributed by atoms with Gasteiger partial charge >= 0.3 is 6.03 Å². The van der Waals surface area contributed by atoms with E-state index in [0.29, 0.717) is 11.5 Å². The Hall–Kier alpha value is -3.08. The number of nitrogens with one attached hydrogen (secondary N) is 2. The van der Waals surface area contributed by atoms with E-state index in [2.05, 4.69) is 15.5 Å². The smallest absolute Gasteiger partial charge is 0.318 e. The minimum Gasteiger partial charge on any atom is -0.493 e. The highest BCUT2D eigenvalue weighted by molar-refractivity contribution is 8.15. The summed E-state index contributed by atoms with van der Waals surface area (Å²) in [5.74, 6) is 0.106. The average molecular weight is 379 g/mol. The minimum absolute atomic E-state index is 0.197. The van der Waals surface area contributed by atoms with Gasteiger partial charge in [0.1, 0.15) is 5.25 Å². The van der Waals surface area contributed by atoms with Gasteiger partial charge in [-0.3, -0.25) is 14.9 Å². The number of hydrogen-bond acceptors (Lipinski definition) is 8. The molecule has 0 bridgehead atoms. The first kappa shape index (κ1) is 19.2. The fraction of sp³-hybridized carbons (Fsp3) is 0.267. The molecule has 1 atom stereocenters. The number of benzene rings is 1. The molecule has 1 aromatic carbocycles. The zero-order valence-corrected chi connectivity index (χ0v) is 14.8. The van der Waals surface area contributed by atoms with E-state index >= 15 is 0 Å². The van der Waals surface area contributed by atoms with Crippen molar-refractivity contribution in [2.24, 2.45) is 15.9 Å². The van der Waals surface area contributed by atoms with Crippen molar-refractivity contribution >= 4 is 41.0 Å². The molecule has 0 spiro atoms. The predicted molar refractivity (Wildman–Crippen MR) is 96.4 cm³/mol. The Labute approximate surface area is 153 Å². The summed E-state index contributed by atoms with van der Waals surface area (Å²) < 4.78 is 10.3. The van der Waals surface area contributed by atoms with Crippen LogP contribution in [-0.2, 0) is 9.59 Å². The fourth-order valence-electron chi connectivity index (χ4n) is 2.02. The van der Waals surface area contributed by atoms with E-state index in [1.165, 1.54) is 20.4 Å². The number of nitrogens with two attached hydrogens (primary N) is 1. The molecule has 1 aliphatic heterocycles. The number of rotatable bonds is 6. The van der Waals surface area contributed by atoms with Crippen LogP contribution in [0.3, 0.4) is 0 Å². The van der Waals surface area contributed by atoms with Crippen molar-refractivity contribution in [1.29, 1.82) is 0 Å². The Morgan fingerprint density at radius 2 is 2.08 bits per heavy atom. The average Bonchev–Trinajstić information content (AvgIpc) is 2.93. The molecule has 0 aromatic heterocycles. The molecule has 1 heterocycles. The van der Waals surface area contributed by atoms with Crippen LogP contribution in [0.2, 0.25) is 0 Å². The van der Waals surface area contributed by atoms with E-state index in [0.717, 1.165) is 17.3 Å². The molecule has 1 aromatic rings. The summed E-state index contributed by atoms with van der Waals surface area (Å²) in [6.07, 6.45) is 1.28. The van der Waals surface area contributed by atoms with Gasteiger partial charge in [-0.05, 0) is 23.8 Å². The van der Waals surface area contributed by atoms with Crippen molar-refractivity contribution in [1.82, 2.24) is 10.6 Å². The van der Waals surface area contributed by atoms with Crippen molar-refractivity contribution in [2.45, 2.75) is 11.7 Å². The van der Waals surface area contributed by atoms with Gasteiger partial charge in [-0.25, -0.2) is 4.79 Å². The van der Waals surface area contributed by atoms with E-state index in [4.69, 9.17) is 15.2 Å². The number of hydrogen-bond donors (Lipinski definition) is 3. The highest BCUT2D eigenvalue weighted by Gasteiger charge is 2.32. The lowest BCUT2D eigenvalue weighted by Gasteiger charge is -2.07. The third kappa shape index (κ3) is 5.21. The quantitative estimate of drug-likeness (QED) is 0.476. The number of urea groups is 1. The summed E-state index contributed by atoms with van der Waals surface area (Å²) in [4.78, 5) is 33.9. The van der Waals surface area contributed by atoms with Crippen LogP contribution in [0, 0.1) is 0 Å². The fourth-order valence-corrected chi connectivity index (χ4v) is 2.95. The molecule has 1 saturated heterocycles. The molecule has 4 N–H and O–H groups in total. The molecule has 0 aliphatic carbocycles. The van der Waals surface area contributed by atoms with Crippen LogP contribution in [0.4, 0.5) is 4.79 Å². The topological polar surface area (TPSA) is 144 Å². The maximum Gasteiger partial charge on any atom is 0.318 e. The zero-order chi connectivity index (χ0) is 19.1. The molecule has 10 nitrogen and oxygen atoms in total. The van der Waals surface area contributed by atoms with Gasteiger partial charge in [0.05, 0.1) is 20.4 Å². The molecule has 1 unspecified atom stereocenters.